The number of fused-ring (bicyclic) bond motifs is 1. The van der Waals surface area contributed by atoms with Crippen LogP contribution in [-0.4, -0.2) is 61.0 Å². The van der Waals surface area contributed by atoms with Gasteiger partial charge < -0.3 is 19.3 Å². The van der Waals surface area contributed by atoms with Crippen LogP contribution in [0.4, 0.5) is 0 Å². The summed E-state index contributed by atoms with van der Waals surface area (Å²) in [5, 5.41) is 0. The Bertz CT molecular complexity index is 609. The maximum absolute atomic E-state index is 12.6. The van der Waals surface area contributed by atoms with Crippen molar-refractivity contribution >= 4 is 11.8 Å². The summed E-state index contributed by atoms with van der Waals surface area (Å²) in [4.78, 5) is 27.7. The quantitative estimate of drug-likeness (QED) is 0.830. The molecule has 124 valence electrons. The number of hydrogen-bond acceptors (Lipinski definition) is 4. The Morgan fingerprint density at radius 3 is 2.43 bits per heavy atom. The number of piperidine rings is 1. The van der Waals surface area contributed by atoms with Crippen LogP contribution in [-0.2, 0) is 4.79 Å². The van der Waals surface area contributed by atoms with Crippen LogP contribution in [0.15, 0.2) is 18.2 Å². The lowest BCUT2D eigenvalue weighted by Gasteiger charge is -2.36. The van der Waals surface area contributed by atoms with Crippen molar-refractivity contribution in [1.82, 2.24) is 9.80 Å². The summed E-state index contributed by atoms with van der Waals surface area (Å²) >= 11 is 0. The molecule has 3 rings (SSSR count). The van der Waals surface area contributed by atoms with Crippen LogP contribution in [0.5, 0.6) is 11.5 Å². The van der Waals surface area contributed by atoms with Gasteiger partial charge in [0.2, 0.25) is 5.91 Å². The average Bonchev–Trinajstić information content (AvgIpc) is 2.60. The minimum atomic E-state index is 0.00546. The third-order valence-corrected chi connectivity index (χ3v) is 4.59. The topological polar surface area (TPSA) is 59.1 Å². The van der Waals surface area contributed by atoms with E-state index in [-0.39, 0.29) is 17.9 Å². The van der Waals surface area contributed by atoms with Crippen LogP contribution in [0, 0.1) is 0 Å². The monoisotopic (exact) mass is 318 g/mol. The van der Waals surface area contributed by atoms with Crippen molar-refractivity contribution in [3.05, 3.63) is 23.8 Å². The van der Waals surface area contributed by atoms with E-state index in [1.54, 1.807) is 30.0 Å². The van der Waals surface area contributed by atoms with E-state index in [9.17, 15) is 9.59 Å². The van der Waals surface area contributed by atoms with Gasteiger partial charge >= 0.3 is 0 Å². The maximum Gasteiger partial charge on any atom is 0.253 e. The molecule has 0 bridgehead atoms. The lowest BCUT2D eigenvalue weighted by molar-refractivity contribution is -0.130. The standard InChI is InChI=1S/C17H22N2O4/c1-12(20)18(2)14-5-7-19(8-6-14)17(21)13-3-4-15-16(11-13)23-10-9-22-15/h3-4,11,14H,5-10H2,1-2H3. The number of benzene rings is 1. The number of carbonyl (C=O) groups excluding carboxylic acids is 2. The van der Waals surface area contributed by atoms with Gasteiger partial charge in [-0.05, 0) is 31.0 Å². The summed E-state index contributed by atoms with van der Waals surface area (Å²) in [5.74, 6) is 1.40. The Hall–Kier alpha value is -2.24. The van der Waals surface area contributed by atoms with Gasteiger partial charge in [0.05, 0.1) is 0 Å². The molecule has 1 aromatic carbocycles. The van der Waals surface area contributed by atoms with E-state index in [0.29, 0.717) is 43.4 Å². The number of carbonyl (C=O) groups is 2. The molecule has 0 spiro atoms. The lowest BCUT2D eigenvalue weighted by Crippen LogP contribution is -2.46. The van der Waals surface area contributed by atoms with E-state index in [4.69, 9.17) is 9.47 Å². The molecule has 2 aliphatic heterocycles. The van der Waals surface area contributed by atoms with Crippen molar-refractivity contribution in [1.29, 1.82) is 0 Å². The fraction of sp³-hybridized carbons (Fsp3) is 0.529. The molecule has 1 saturated heterocycles. The van der Waals surface area contributed by atoms with Crippen LogP contribution in [0.3, 0.4) is 0 Å². The van der Waals surface area contributed by atoms with Crippen LogP contribution in [0.2, 0.25) is 0 Å². The molecule has 23 heavy (non-hydrogen) atoms. The number of amides is 2. The van der Waals surface area contributed by atoms with Crippen molar-refractivity contribution in [2.24, 2.45) is 0 Å². The average molecular weight is 318 g/mol. The largest absolute Gasteiger partial charge is 0.486 e. The van der Waals surface area contributed by atoms with Crippen molar-refractivity contribution in [3.8, 4) is 11.5 Å². The highest BCUT2D eigenvalue weighted by molar-refractivity contribution is 5.95. The summed E-state index contributed by atoms with van der Waals surface area (Å²) in [6, 6.07) is 5.54. The highest BCUT2D eigenvalue weighted by Crippen LogP contribution is 2.31. The van der Waals surface area contributed by atoms with Gasteiger partial charge in [0, 0.05) is 38.7 Å². The minimum Gasteiger partial charge on any atom is -0.486 e. The van der Waals surface area contributed by atoms with Crippen LogP contribution in [0.1, 0.15) is 30.1 Å². The predicted molar refractivity (Wildman–Crippen MR) is 84.8 cm³/mol. The van der Waals surface area contributed by atoms with Gasteiger partial charge in [-0.3, -0.25) is 9.59 Å². The van der Waals surface area contributed by atoms with Crippen LogP contribution >= 0.6 is 0 Å². The number of rotatable bonds is 2. The Morgan fingerprint density at radius 2 is 1.78 bits per heavy atom. The molecular formula is C17H22N2O4. The molecule has 2 heterocycles. The molecule has 0 aromatic heterocycles. The molecular weight excluding hydrogens is 296 g/mol. The molecule has 6 heteroatoms. The highest BCUT2D eigenvalue weighted by atomic mass is 16.6. The van der Waals surface area contributed by atoms with Crippen molar-refractivity contribution in [2.45, 2.75) is 25.8 Å². The molecule has 0 aliphatic carbocycles. The van der Waals surface area contributed by atoms with Gasteiger partial charge in [-0.1, -0.05) is 0 Å². The summed E-state index contributed by atoms with van der Waals surface area (Å²) in [6.45, 7) is 3.95. The predicted octanol–water partition coefficient (Wildman–Crippen LogP) is 1.54. The Morgan fingerprint density at radius 1 is 1.13 bits per heavy atom. The fourth-order valence-corrected chi connectivity index (χ4v) is 3.07. The summed E-state index contributed by atoms with van der Waals surface area (Å²) < 4.78 is 11.0. The first kappa shape index (κ1) is 15.6. The number of nitrogens with zero attached hydrogens (tertiary/aromatic N) is 2. The zero-order chi connectivity index (χ0) is 16.4. The molecule has 1 fully saturated rings. The third-order valence-electron chi connectivity index (χ3n) is 4.59. The first-order valence-electron chi connectivity index (χ1n) is 7.98. The molecule has 0 N–H and O–H groups in total. The van der Waals surface area contributed by atoms with E-state index < -0.39 is 0 Å². The summed E-state index contributed by atoms with van der Waals surface area (Å²) in [6.07, 6.45) is 1.62. The second-order valence-corrected chi connectivity index (χ2v) is 6.01. The smallest absolute Gasteiger partial charge is 0.253 e. The van der Waals surface area contributed by atoms with Crippen molar-refractivity contribution in [2.75, 3.05) is 33.4 Å². The van der Waals surface area contributed by atoms with E-state index in [0.717, 1.165) is 12.8 Å². The second kappa shape index (κ2) is 6.48. The van der Waals surface area contributed by atoms with Gasteiger partial charge in [-0.25, -0.2) is 0 Å². The first-order chi connectivity index (χ1) is 11.1. The van der Waals surface area contributed by atoms with Gasteiger partial charge in [0.1, 0.15) is 13.2 Å². The number of ether oxygens (including phenoxy) is 2. The SMILES string of the molecule is CC(=O)N(C)C1CCN(C(=O)c2ccc3c(c2)OCCO3)CC1. The van der Waals surface area contributed by atoms with Gasteiger partial charge in [-0.15, -0.1) is 0 Å². The molecule has 0 atom stereocenters. The molecule has 1 aromatic rings. The molecule has 2 amide bonds. The van der Waals surface area contributed by atoms with Crippen molar-refractivity contribution < 1.29 is 19.1 Å². The van der Waals surface area contributed by atoms with Crippen LogP contribution < -0.4 is 9.47 Å². The van der Waals surface area contributed by atoms with Gasteiger partial charge in [0.25, 0.3) is 5.91 Å². The normalized spacial score (nSPS) is 17.7. The highest BCUT2D eigenvalue weighted by Gasteiger charge is 2.27. The maximum atomic E-state index is 12.6. The zero-order valence-electron chi connectivity index (χ0n) is 13.6. The zero-order valence-corrected chi connectivity index (χ0v) is 13.6. The van der Waals surface area contributed by atoms with E-state index in [1.807, 2.05) is 11.9 Å². The Kier molecular flexibility index (Phi) is 4.41. The Labute approximate surface area is 136 Å². The van der Waals surface area contributed by atoms with E-state index in [1.165, 1.54) is 0 Å². The number of hydrogen-bond donors (Lipinski definition) is 0. The summed E-state index contributed by atoms with van der Waals surface area (Å²) in [7, 11) is 1.82. The Balaban J connectivity index is 1.64. The summed E-state index contributed by atoms with van der Waals surface area (Å²) in [5.41, 5.74) is 0.618. The minimum absolute atomic E-state index is 0.00546. The third kappa shape index (κ3) is 3.25. The molecule has 6 nitrogen and oxygen atoms in total. The van der Waals surface area contributed by atoms with Crippen LogP contribution in [0.25, 0.3) is 0 Å². The molecule has 0 radical (unpaired) electrons. The van der Waals surface area contributed by atoms with E-state index in [2.05, 4.69) is 0 Å². The van der Waals surface area contributed by atoms with Gasteiger partial charge in [0.15, 0.2) is 11.5 Å². The fourth-order valence-electron chi connectivity index (χ4n) is 3.07. The first-order valence-corrected chi connectivity index (χ1v) is 7.98. The lowest BCUT2D eigenvalue weighted by atomic mass is 10.0. The molecule has 0 saturated carbocycles. The second-order valence-electron chi connectivity index (χ2n) is 6.01. The van der Waals surface area contributed by atoms with Gasteiger partial charge in [-0.2, -0.15) is 0 Å². The van der Waals surface area contributed by atoms with Crippen molar-refractivity contribution in [3.63, 3.8) is 0 Å². The molecule has 0 unspecified atom stereocenters. The number of likely N-dealkylation sites (tertiary alicyclic amines) is 1. The van der Waals surface area contributed by atoms with E-state index >= 15 is 0 Å². The molecule has 2 aliphatic rings.